The first kappa shape index (κ1) is 13.3. The normalized spacial score (nSPS) is 27.1. The van der Waals surface area contributed by atoms with E-state index in [9.17, 15) is 13.2 Å². The van der Waals surface area contributed by atoms with E-state index in [2.05, 4.69) is 11.4 Å². The van der Waals surface area contributed by atoms with Crippen molar-refractivity contribution < 1.29 is 13.2 Å². The maximum Gasteiger partial charge on any atom is 0.390 e. The van der Waals surface area contributed by atoms with E-state index in [-0.39, 0.29) is 18.5 Å². The van der Waals surface area contributed by atoms with Gasteiger partial charge in [0.2, 0.25) is 0 Å². The maximum atomic E-state index is 12.0. The highest BCUT2D eigenvalue weighted by Gasteiger charge is 2.28. The molecule has 0 heterocycles. The fourth-order valence-electron chi connectivity index (χ4n) is 2.11. The zero-order valence-electron chi connectivity index (χ0n) is 9.19. The van der Waals surface area contributed by atoms with Crippen LogP contribution in [0.25, 0.3) is 0 Å². The molecule has 92 valence electrons. The van der Waals surface area contributed by atoms with Gasteiger partial charge < -0.3 is 5.32 Å². The van der Waals surface area contributed by atoms with Crippen molar-refractivity contribution in [1.29, 1.82) is 5.26 Å². The molecule has 5 heteroatoms. The van der Waals surface area contributed by atoms with Gasteiger partial charge >= 0.3 is 6.18 Å². The Morgan fingerprint density at radius 2 is 1.88 bits per heavy atom. The van der Waals surface area contributed by atoms with Crippen LogP contribution in [-0.4, -0.2) is 18.8 Å². The van der Waals surface area contributed by atoms with E-state index in [1.54, 1.807) is 0 Å². The number of hydrogen-bond donors (Lipinski definition) is 1. The minimum atomic E-state index is -4.11. The lowest BCUT2D eigenvalue weighted by atomic mass is 9.96. The first-order chi connectivity index (χ1) is 7.53. The zero-order chi connectivity index (χ0) is 12.0. The third-order valence-corrected chi connectivity index (χ3v) is 3.00. The summed E-state index contributed by atoms with van der Waals surface area (Å²) in [6.07, 6.45) is -0.217. The number of rotatable bonds is 3. The monoisotopic (exact) mass is 234 g/mol. The molecule has 0 amide bonds. The second-order valence-corrected chi connectivity index (χ2v) is 4.30. The third-order valence-electron chi connectivity index (χ3n) is 3.00. The van der Waals surface area contributed by atoms with E-state index in [1.807, 2.05) is 0 Å². The second kappa shape index (κ2) is 6.09. The molecule has 0 aliphatic heterocycles. The van der Waals surface area contributed by atoms with Crippen molar-refractivity contribution in [2.75, 3.05) is 6.54 Å². The van der Waals surface area contributed by atoms with Gasteiger partial charge in [0.1, 0.15) is 0 Å². The Kier molecular flexibility index (Phi) is 5.07. The van der Waals surface area contributed by atoms with E-state index in [4.69, 9.17) is 5.26 Å². The van der Waals surface area contributed by atoms with E-state index in [0.717, 1.165) is 32.1 Å². The van der Waals surface area contributed by atoms with Crippen LogP contribution in [0.1, 0.15) is 38.5 Å². The van der Waals surface area contributed by atoms with Crippen molar-refractivity contribution in [3.05, 3.63) is 0 Å². The highest BCUT2D eigenvalue weighted by molar-refractivity contribution is 4.93. The van der Waals surface area contributed by atoms with Gasteiger partial charge in [-0.3, -0.25) is 0 Å². The SMILES string of the molecule is N#CC1CCCCCC1NCCC(F)(F)F. The average molecular weight is 234 g/mol. The van der Waals surface area contributed by atoms with Crippen molar-refractivity contribution in [3.8, 4) is 6.07 Å². The topological polar surface area (TPSA) is 35.8 Å². The molecule has 2 nitrogen and oxygen atoms in total. The summed E-state index contributed by atoms with van der Waals surface area (Å²) in [5.41, 5.74) is 0. The molecule has 1 aliphatic rings. The molecule has 1 saturated carbocycles. The van der Waals surface area contributed by atoms with Crippen LogP contribution in [0.4, 0.5) is 13.2 Å². The molecule has 0 bridgehead atoms. The molecular formula is C11H17F3N2. The molecule has 0 spiro atoms. The third kappa shape index (κ3) is 4.84. The van der Waals surface area contributed by atoms with Gasteiger partial charge in [0.25, 0.3) is 0 Å². The van der Waals surface area contributed by atoms with Gasteiger partial charge in [-0.2, -0.15) is 18.4 Å². The van der Waals surface area contributed by atoms with Crippen LogP contribution in [0.2, 0.25) is 0 Å². The molecule has 0 radical (unpaired) electrons. The Morgan fingerprint density at radius 1 is 1.19 bits per heavy atom. The summed E-state index contributed by atoms with van der Waals surface area (Å²) in [5.74, 6) is -0.129. The Balaban J connectivity index is 2.35. The Morgan fingerprint density at radius 3 is 2.50 bits per heavy atom. The Hall–Kier alpha value is -0.760. The number of hydrogen-bond acceptors (Lipinski definition) is 2. The van der Waals surface area contributed by atoms with Crippen LogP contribution in [-0.2, 0) is 0 Å². The Bertz CT molecular complexity index is 245. The lowest BCUT2D eigenvalue weighted by molar-refractivity contribution is -0.133. The molecule has 2 atom stereocenters. The average Bonchev–Trinajstić information content (AvgIpc) is 2.41. The minimum Gasteiger partial charge on any atom is -0.312 e. The van der Waals surface area contributed by atoms with Gasteiger partial charge in [-0.05, 0) is 12.8 Å². The molecule has 2 unspecified atom stereocenters. The van der Waals surface area contributed by atoms with Gasteiger partial charge in [-0.25, -0.2) is 0 Å². The first-order valence-electron chi connectivity index (χ1n) is 5.72. The smallest absolute Gasteiger partial charge is 0.312 e. The van der Waals surface area contributed by atoms with Crippen LogP contribution < -0.4 is 5.32 Å². The van der Waals surface area contributed by atoms with E-state index in [0.29, 0.717) is 0 Å². The van der Waals surface area contributed by atoms with Crippen molar-refractivity contribution in [2.45, 2.75) is 50.7 Å². The van der Waals surface area contributed by atoms with Crippen LogP contribution >= 0.6 is 0 Å². The largest absolute Gasteiger partial charge is 0.390 e. The summed E-state index contributed by atoms with van der Waals surface area (Å²) in [6, 6.07) is 2.14. The fraction of sp³-hybridized carbons (Fsp3) is 0.909. The second-order valence-electron chi connectivity index (χ2n) is 4.30. The molecular weight excluding hydrogens is 217 g/mol. The first-order valence-corrected chi connectivity index (χ1v) is 5.72. The summed E-state index contributed by atoms with van der Waals surface area (Å²) >= 11 is 0. The lowest BCUT2D eigenvalue weighted by Gasteiger charge is -2.21. The van der Waals surface area contributed by atoms with E-state index in [1.165, 1.54) is 0 Å². The summed E-state index contributed by atoms with van der Waals surface area (Å²) in [7, 11) is 0. The number of nitrogens with zero attached hydrogens (tertiary/aromatic N) is 1. The summed E-state index contributed by atoms with van der Waals surface area (Å²) < 4.78 is 35.9. The van der Waals surface area contributed by atoms with Gasteiger partial charge in [0.15, 0.2) is 0 Å². The number of nitrogens with one attached hydrogen (secondary N) is 1. The number of nitriles is 1. The van der Waals surface area contributed by atoms with Gasteiger partial charge in [-0.1, -0.05) is 19.3 Å². The molecule has 0 aromatic heterocycles. The van der Waals surface area contributed by atoms with Crippen molar-refractivity contribution in [3.63, 3.8) is 0 Å². The highest BCUT2D eigenvalue weighted by atomic mass is 19.4. The van der Waals surface area contributed by atoms with Crippen molar-refractivity contribution in [1.82, 2.24) is 5.32 Å². The van der Waals surface area contributed by atoms with Gasteiger partial charge in [-0.15, -0.1) is 0 Å². The van der Waals surface area contributed by atoms with Crippen molar-refractivity contribution >= 4 is 0 Å². The van der Waals surface area contributed by atoms with Crippen LogP contribution in [0.15, 0.2) is 0 Å². The molecule has 1 fully saturated rings. The molecule has 1 N–H and O–H groups in total. The van der Waals surface area contributed by atoms with Gasteiger partial charge in [0, 0.05) is 12.6 Å². The predicted molar refractivity (Wildman–Crippen MR) is 54.7 cm³/mol. The summed E-state index contributed by atoms with van der Waals surface area (Å²) in [5, 5.41) is 11.8. The minimum absolute atomic E-state index is 0.0603. The number of alkyl halides is 3. The number of halogens is 3. The molecule has 0 aromatic carbocycles. The molecule has 0 aromatic rings. The van der Waals surface area contributed by atoms with Crippen molar-refractivity contribution in [2.24, 2.45) is 5.92 Å². The van der Waals surface area contributed by atoms with Crippen LogP contribution in [0.5, 0.6) is 0 Å². The van der Waals surface area contributed by atoms with E-state index >= 15 is 0 Å². The molecule has 0 saturated heterocycles. The fourth-order valence-corrected chi connectivity index (χ4v) is 2.11. The standard InChI is InChI=1S/C11H17F3N2/c12-11(13,14)6-7-16-10-5-3-1-2-4-9(10)8-15/h9-10,16H,1-7H2. The highest BCUT2D eigenvalue weighted by Crippen LogP contribution is 2.24. The predicted octanol–water partition coefficient (Wildman–Crippen LogP) is 3.00. The maximum absolute atomic E-state index is 12.0. The van der Waals surface area contributed by atoms with Crippen LogP contribution in [0.3, 0.4) is 0 Å². The molecule has 1 aliphatic carbocycles. The van der Waals surface area contributed by atoms with Crippen LogP contribution in [0, 0.1) is 17.2 Å². The molecule has 16 heavy (non-hydrogen) atoms. The van der Waals surface area contributed by atoms with Gasteiger partial charge in [0.05, 0.1) is 18.4 Å². The summed E-state index contributed by atoms with van der Waals surface area (Å²) in [6.45, 7) is -0.0770. The van der Waals surface area contributed by atoms with E-state index < -0.39 is 12.6 Å². The quantitative estimate of drug-likeness (QED) is 0.762. The Labute approximate surface area is 93.8 Å². The zero-order valence-corrected chi connectivity index (χ0v) is 9.19. The molecule has 1 rings (SSSR count). The lowest BCUT2D eigenvalue weighted by Crippen LogP contribution is -2.37. The summed E-state index contributed by atoms with van der Waals surface area (Å²) in [4.78, 5) is 0.